The lowest BCUT2D eigenvalue weighted by molar-refractivity contribution is 0.397. The summed E-state index contributed by atoms with van der Waals surface area (Å²) in [4.78, 5) is 3.22. The Bertz CT molecular complexity index is 66.1. The maximum Gasteiger partial charge on any atom is 0.254 e. The van der Waals surface area contributed by atoms with E-state index in [2.05, 4.69) is 18.8 Å². The smallest absolute Gasteiger partial charge is 0.254 e. The van der Waals surface area contributed by atoms with Crippen molar-refractivity contribution in [2.45, 2.75) is 25.8 Å². The van der Waals surface area contributed by atoms with Crippen molar-refractivity contribution in [1.29, 1.82) is 0 Å². The van der Waals surface area contributed by atoms with Crippen LogP contribution in [0.25, 0.3) is 0 Å². The van der Waals surface area contributed by atoms with Gasteiger partial charge in [0, 0.05) is 7.11 Å². The Balaban J connectivity index is 3.50. The Kier molecular flexibility index (Phi) is 5.04. The maximum absolute atomic E-state index is 5.28. The van der Waals surface area contributed by atoms with Crippen LogP contribution in [0.3, 0.4) is 0 Å². The summed E-state index contributed by atoms with van der Waals surface area (Å²) in [6.45, 7) is 4.43. The molecule has 2 nitrogen and oxygen atoms in total. The molecule has 0 amide bonds. The van der Waals surface area contributed by atoms with Gasteiger partial charge >= 0.3 is 0 Å². The average molecular weight is 147 g/mol. The predicted octanol–water partition coefficient (Wildman–Crippen LogP) is 0.873. The molecule has 0 spiro atoms. The maximum atomic E-state index is 5.28. The molecule has 0 aliphatic heterocycles. The highest BCUT2D eigenvalue weighted by molar-refractivity contribution is 6.50. The fraction of sp³-hybridized carbons (Fsp3) is 1.00. The van der Waals surface area contributed by atoms with Gasteiger partial charge in [0.05, 0.1) is 0 Å². The van der Waals surface area contributed by atoms with Gasteiger partial charge < -0.3 is 9.41 Å². The highest BCUT2D eigenvalue weighted by Gasteiger charge is 2.14. The van der Waals surface area contributed by atoms with Crippen molar-refractivity contribution in [3.8, 4) is 0 Å². The summed E-state index contributed by atoms with van der Waals surface area (Å²) in [7, 11) is 2.73. The molecule has 2 atom stereocenters. The molecular weight excluding hydrogens is 130 g/mol. The largest absolute Gasteiger partial charge is 0.409 e. The molecule has 0 aromatic heterocycles. The van der Waals surface area contributed by atoms with Crippen molar-refractivity contribution in [2.24, 2.45) is 0 Å². The van der Waals surface area contributed by atoms with Gasteiger partial charge in [-0.3, -0.25) is 0 Å². The zero-order chi connectivity index (χ0) is 7.28. The quantitative estimate of drug-likeness (QED) is 0.596. The lowest BCUT2D eigenvalue weighted by Gasteiger charge is -2.17. The fourth-order valence-corrected chi connectivity index (χ4v) is 2.55. The minimum absolute atomic E-state index is 0.736. The average Bonchev–Trinajstić information content (AvgIpc) is 1.90. The van der Waals surface area contributed by atoms with Crippen molar-refractivity contribution in [3.63, 3.8) is 0 Å². The van der Waals surface area contributed by atoms with Crippen LogP contribution >= 0.6 is 0 Å². The minimum Gasteiger partial charge on any atom is -0.409 e. The lowest BCUT2D eigenvalue weighted by atomic mass is 10.4. The van der Waals surface area contributed by atoms with Crippen LogP contribution < -0.4 is 4.98 Å². The zero-order valence-electron chi connectivity index (χ0n) is 6.77. The monoisotopic (exact) mass is 147 g/mol. The van der Waals surface area contributed by atoms with E-state index in [0.717, 1.165) is 5.54 Å². The molecule has 0 heterocycles. The molecule has 0 aromatic carbocycles. The summed E-state index contributed by atoms with van der Waals surface area (Å²) in [5.74, 6) is 0. The van der Waals surface area contributed by atoms with Gasteiger partial charge in [-0.1, -0.05) is 20.3 Å². The minimum atomic E-state index is -1.04. The first-order valence-electron chi connectivity index (χ1n) is 3.46. The van der Waals surface area contributed by atoms with Crippen molar-refractivity contribution in [3.05, 3.63) is 0 Å². The fourth-order valence-electron chi connectivity index (χ4n) is 0.849. The SMILES string of the molecule is CCC(C)[SiH](NC)OC. The molecule has 0 radical (unpaired) electrons. The normalized spacial score (nSPS) is 17.3. The summed E-state index contributed by atoms with van der Waals surface area (Å²) < 4.78 is 5.28. The van der Waals surface area contributed by atoms with E-state index < -0.39 is 9.20 Å². The van der Waals surface area contributed by atoms with Crippen LogP contribution in [0.4, 0.5) is 0 Å². The number of hydrogen-bond donors (Lipinski definition) is 1. The molecule has 0 bridgehead atoms. The standard InChI is InChI=1S/C6H17NOSi/c1-5-6(2)9(7-3)8-4/h6-7,9H,5H2,1-4H3. The highest BCUT2D eigenvalue weighted by Crippen LogP contribution is 2.10. The molecule has 0 aliphatic carbocycles. The van der Waals surface area contributed by atoms with Gasteiger partial charge in [-0.25, -0.2) is 0 Å². The van der Waals surface area contributed by atoms with Gasteiger partial charge in [-0.2, -0.15) is 0 Å². The third-order valence-corrected chi connectivity index (χ3v) is 4.28. The molecule has 0 aromatic rings. The summed E-state index contributed by atoms with van der Waals surface area (Å²) in [6.07, 6.45) is 1.21. The Morgan fingerprint density at radius 3 is 2.33 bits per heavy atom. The molecule has 0 saturated heterocycles. The summed E-state index contributed by atoms with van der Waals surface area (Å²) >= 11 is 0. The van der Waals surface area contributed by atoms with Crippen molar-refractivity contribution in [2.75, 3.05) is 14.2 Å². The van der Waals surface area contributed by atoms with Crippen molar-refractivity contribution in [1.82, 2.24) is 4.98 Å². The molecule has 9 heavy (non-hydrogen) atoms. The van der Waals surface area contributed by atoms with E-state index in [-0.39, 0.29) is 0 Å². The van der Waals surface area contributed by atoms with Gasteiger partial charge in [0.25, 0.3) is 9.20 Å². The third-order valence-electron chi connectivity index (χ3n) is 1.70. The van der Waals surface area contributed by atoms with E-state index in [1.807, 2.05) is 7.05 Å². The van der Waals surface area contributed by atoms with E-state index in [1.54, 1.807) is 7.11 Å². The Morgan fingerprint density at radius 1 is 1.67 bits per heavy atom. The summed E-state index contributed by atoms with van der Waals surface area (Å²) in [5, 5.41) is 0. The van der Waals surface area contributed by atoms with Crippen LogP contribution in [0.15, 0.2) is 0 Å². The second kappa shape index (κ2) is 4.96. The number of rotatable bonds is 4. The van der Waals surface area contributed by atoms with Crippen molar-refractivity contribution >= 4 is 9.20 Å². The Morgan fingerprint density at radius 2 is 2.22 bits per heavy atom. The first kappa shape index (κ1) is 9.14. The Hall–Kier alpha value is 0.137. The first-order valence-corrected chi connectivity index (χ1v) is 5.17. The Labute approximate surface area is 59.4 Å². The van der Waals surface area contributed by atoms with Gasteiger partial charge in [0.1, 0.15) is 0 Å². The number of nitrogens with one attached hydrogen (secondary N) is 1. The lowest BCUT2D eigenvalue weighted by Crippen LogP contribution is -2.36. The van der Waals surface area contributed by atoms with Crippen LogP contribution in [0.5, 0.6) is 0 Å². The van der Waals surface area contributed by atoms with Gasteiger partial charge in [-0.05, 0) is 12.6 Å². The summed E-state index contributed by atoms with van der Waals surface area (Å²) in [5.41, 5.74) is 0.736. The molecule has 56 valence electrons. The van der Waals surface area contributed by atoms with E-state index in [9.17, 15) is 0 Å². The van der Waals surface area contributed by atoms with E-state index in [1.165, 1.54) is 6.42 Å². The second-order valence-electron chi connectivity index (χ2n) is 2.33. The summed E-state index contributed by atoms with van der Waals surface area (Å²) in [6, 6.07) is 0. The van der Waals surface area contributed by atoms with Crippen LogP contribution in [0, 0.1) is 0 Å². The second-order valence-corrected chi connectivity index (χ2v) is 5.36. The molecule has 0 saturated carbocycles. The molecule has 2 unspecified atom stereocenters. The molecule has 3 heteroatoms. The zero-order valence-corrected chi connectivity index (χ0v) is 7.92. The van der Waals surface area contributed by atoms with Crippen molar-refractivity contribution < 1.29 is 4.43 Å². The van der Waals surface area contributed by atoms with Crippen LogP contribution in [-0.4, -0.2) is 23.4 Å². The van der Waals surface area contributed by atoms with E-state index in [4.69, 9.17) is 4.43 Å². The first-order chi connectivity index (χ1) is 4.26. The van der Waals surface area contributed by atoms with Gasteiger partial charge in [-0.15, -0.1) is 0 Å². The van der Waals surface area contributed by atoms with Crippen LogP contribution in [0.2, 0.25) is 5.54 Å². The molecule has 0 fully saturated rings. The molecule has 0 rings (SSSR count). The third kappa shape index (κ3) is 2.98. The van der Waals surface area contributed by atoms with Gasteiger partial charge in [0.15, 0.2) is 0 Å². The number of hydrogen-bond acceptors (Lipinski definition) is 2. The van der Waals surface area contributed by atoms with E-state index in [0.29, 0.717) is 0 Å². The van der Waals surface area contributed by atoms with Crippen LogP contribution in [-0.2, 0) is 4.43 Å². The van der Waals surface area contributed by atoms with Crippen LogP contribution in [0.1, 0.15) is 20.3 Å². The molecule has 1 N–H and O–H groups in total. The van der Waals surface area contributed by atoms with Gasteiger partial charge in [0.2, 0.25) is 0 Å². The highest BCUT2D eigenvalue weighted by atomic mass is 28.3. The van der Waals surface area contributed by atoms with E-state index >= 15 is 0 Å². The topological polar surface area (TPSA) is 21.3 Å². The predicted molar refractivity (Wildman–Crippen MR) is 42.9 cm³/mol. The molecule has 0 aliphatic rings. The molecular formula is C6H17NOSi.